The molecule has 1 fully saturated rings. The monoisotopic (exact) mass is 274 g/mol. The number of pyridine rings is 1. The summed E-state index contributed by atoms with van der Waals surface area (Å²) in [4.78, 5) is 6.31. The summed E-state index contributed by atoms with van der Waals surface area (Å²) in [5.74, 6) is 0. The summed E-state index contributed by atoms with van der Waals surface area (Å²) in [6, 6.07) is 2.24. The third-order valence-corrected chi connectivity index (χ3v) is 3.81. The van der Waals surface area contributed by atoms with Crippen LogP contribution in [0.4, 0.5) is 0 Å². The van der Waals surface area contributed by atoms with Gasteiger partial charge in [-0.05, 0) is 18.9 Å². The summed E-state index contributed by atoms with van der Waals surface area (Å²) in [6.07, 6.45) is 5.41. The van der Waals surface area contributed by atoms with Crippen molar-refractivity contribution in [3.8, 4) is 0 Å². The molecule has 94 valence electrons. The van der Waals surface area contributed by atoms with E-state index >= 15 is 0 Å². The van der Waals surface area contributed by atoms with E-state index in [9.17, 15) is 0 Å². The van der Waals surface area contributed by atoms with Gasteiger partial charge < -0.3 is 5.11 Å². The van der Waals surface area contributed by atoms with Crippen molar-refractivity contribution in [1.29, 1.82) is 0 Å². The minimum Gasteiger partial charge on any atom is -0.395 e. The van der Waals surface area contributed by atoms with Crippen LogP contribution in [0.2, 0.25) is 10.2 Å². The molecule has 1 aliphatic carbocycles. The minimum atomic E-state index is 0.176. The van der Waals surface area contributed by atoms with Crippen molar-refractivity contribution >= 4 is 23.2 Å². The number of aliphatic hydroxyl groups excluding tert-OH is 1. The van der Waals surface area contributed by atoms with Crippen molar-refractivity contribution in [3.63, 3.8) is 0 Å². The van der Waals surface area contributed by atoms with E-state index in [1.165, 1.54) is 19.3 Å². The first-order valence-electron chi connectivity index (χ1n) is 5.85. The maximum absolute atomic E-state index is 9.09. The van der Waals surface area contributed by atoms with E-state index in [2.05, 4.69) is 9.88 Å². The zero-order chi connectivity index (χ0) is 12.3. The van der Waals surface area contributed by atoms with Crippen LogP contribution in [0.1, 0.15) is 24.8 Å². The summed E-state index contributed by atoms with van der Waals surface area (Å²) in [5.41, 5.74) is 0.969. The molecule has 0 aromatic carbocycles. The third-order valence-electron chi connectivity index (χ3n) is 3.25. The van der Waals surface area contributed by atoms with E-state index in [0.29, 0.717) is 22.8 Å². The fourth-order valence-corrected chi connectivity index (χ4v) is 2.47. The fraction of sp³-hybridized carbons (Fsp3) is 0.583. The van der Waals surface area contributed by atoms with Crippen LogP contribution in [0, 0.1) is 0 Å². The van der Waals surface area contributed by atoms with Crippen LogP contribution < -0.4 is 0 Å². The lowest BCUT2D eigenvalue weighted by Crippen LogP contribution is -2.41. The largest absolute Gasteiger partial charge is 0.395 e. The van der Waals surface area contributed by atoms with Crippen molar-refractivity contribution in [3.05, 3.63) is 28.0 Å². The molecule has 1 aliphatic rings. The van der Waals surface area contributed by atoms with Gasteiger partial charge in [0.15, 0.2) is 0 Å². The third kappa shape index (κ3) is 3.32. The first-order valence-corrected chi connectivity index (χ1v) is 6.61. The number of halogens is 2. The average molecular weight is 275 g/mol. The second-order valence-corrected chi connectivity index (χ2v) is 5.17. The lowest BCUT2D eigenvalue weighted by Gasteiger charge is -2.37. The Morgan fingerprint density at radius 2 is 2.18 bits per heavy atom. The number of nitrogens with zero attached hydrogens (tertiary/aromatic N) is 2. The summed E-state index contributed by atoms with van der Waals surface area (Å²) in [5, 5.41) is 10.1. The Morgan fingerprint density at radius 1 is 1.41 bits per heavy atom. The molecule has 0 aliphatic heterocycles. The molecule has 0 bridgehead atoms. The Balaban J connectivity index is 2.05. The lowest BCUT2D eigenvalue weighted by molar-refractivity contribution is 0.0945. The van der Waals surface area contributed by atoms with Gasteiger partial charge in [-0.2, -0.15) is 0 Å². The molecule has 5 heteroatoms. The first-order chi connectivity index (χ1) is 8.20. The molecule has 3 nitrogen and oxygen atoms in total. The van der Waals surface area contributed by atoms with Gasteiger partial charge >= 0.3 is 0 Å². The normalized spacial score (nSPS) is 16.2. The number of aliphatic hydroxyl groups is 1. The average Bonchev–Trinajstić information content (AvgIpc) is 2.20. The molecule has 0 atom stereocenters. The molecule has 0 radical (unpaired) electrons. The molecule has 0 amide bonds. The molecular formula is C12H16Cl2N2O. The van der Waals surface area contributed by atoms with E-state index < -0.39 is 0 Å². The van der Waals surface area contributed by atoms with Gasteiger partial charge in [-0.3, -0.25) is 4.90 Å². The molecule has 1 saturated carbocycles. The molecular weight excluding hydrogens is 259 g/mol. The molecule has 1 aromatic rings. The van der Waals surface area contributed by atoms with Crippen molar-refractivity contribution < 1.29 is 5.11 Å². The van der Waals surface area contributed by atoms with Crippen LogP contribution >= 0.6 is 23.2 Å². The van der Waals surface area contributed by atoms with Crippen LogP contribution in [0.5, 0.6) is 0 Å². The summed E-state index contributed by atoms with van der Waals surface area (Å²) in [7, 11) is 0. The summed E-state index contributed by atoms with van der Waals surface area (Å²) < 4.78 is 0. The van der Waals surface area contributed by atoms with Gasteiger partial charge in [0.1, 0.15) is 5.15 Å². The Kier molecular flexibility index (Phi) is 4.62. The highest BCUT2D eigenvalue weighted by atomic mass is 35.5. The van der Waals surface area contributed by atoms with Crippen molar-refractivity contribution in [2.75, 3.05) is 13.2 Å². The van der Waals surface area contributed by atoms with Gasteiger partial charge in [0.05, 0.1) is 6.61 Å². The smallest absolute Gasteiger partial charge is 0.130 e. The second kappa shape index (κ2) is 6.01. The number of hydrogen-bond donors (Lipinski definition) is 1. The van der Waals surface area contributed by atoms with Crippen LogP contribution in [0.25, 0.3) is 0 Å². The van der Waals surface area contributed by atoms with E-state index in [-0.39, 0.29) is 6.61 Å². The van der Waals surface area contributed by atoms with Gasteiger partial charge in [-0.1, -0.05) is 29.6 Å². The minimum absolute atomic E-state index is 0.176. The SMILES string of the molecule is OCCN(Cc1cnc(Cl)cc1Cl)C1CCC1. The quantitative estimate of drug-likeness (QED) is 0.839. The molecule has 2 rings (SSSR count). The zero-order valence-corrected chi connectivity index (χ0v) is 11.1. The molecule has 0 unspecified atom stereocenters. The van der Waals surface area contributed by atoms with Gasteiger partial charge in [-0.15, -0.1) is 0 Å². The maximum atomic E-state index is 9.09. The van der Waals surface area contributed by atoms with Crippen LogP contribution in [0.3, 0.4) is 0 Å². The van der Waals surface area contributed by atoms with Crippen molar-refractivity contribution in [2.45, 2.75) is 31.8 Å². The van der Waals surface area contributed by atoms with Crippen LogP contribution in [-0.2, 0) is 6.54 Å². The molecule has 1 aromatic heterocycles. The Labute approximate surface area is 111 Å². The summed E-state index contributed by atoms with van der Waals surface area (Å²) in [6.45, 7) is 1.59. The van der Waals surface area contributed by atoms with E-state index in [0.717, 1.165) is 12.1 Å². The second-order valence-electron chi connectivity index (χ2n) is 4.38. The molecule has 0 spiro atoms. The highest BCUT2D eigenvalue weighted by molar-refractivity contribution is 6.34. The van der Waals surface area contributed by atoms with Gasteiger partial charge in [-0.25, -0.2) is 4.98 Å². The van der Waals surface area contributed by atoms with E-state index in [4.69, 9.17) is 28.3 Å². The highest BCUT2D eigenvalue weighted by Crippen LogP contribution is 2.27. The first kappa shape index (κ1) is 13.1. The predicted octanol–water partition coefficient (Wildman–Crippen LogP) is 2.74. The van der Waals surface area contributed by atoms with Crippen molar-refractivity contribution in [1.82, 2.24) is 9.88 Å². The standard InChI is InChI=1S/C12H16Cl2N2O/c13-11-6-12(14)15-7-9(11)8-16(4-5-17)10-2-1-3-10/h6-7,10,17H,1-5,8H2. The Bertz CT molecular complexity index is 383. The molecule has 1 N–H and O–H groups in total. The molecule has 1 heterocycles. The van der Waals surface area contributed by atoms with Crippen molar-refractivity contribution in [2.24, 2.45) is 0 Å². The fourth-order valence-electron chi connectivity index (χ4n) is 2.04. The lowest BCUT2D eigenvalue weighted by atomic mass is 9.91. The zero-order valence-electron chi connectivity index (χ0n) is 9.57. The van der Waals surface area contributed by atoms with E-state index in [1.54, 1.807) is 12.3 Å². The Hall–Kier alpha value is -0.350. The van der Waals surface area contributed by atoms with Crippen LogP contribution in [0.15, 0.2) is 12.3 Å². The van der Waals surface area contributed by atoms with Crippen LogP contribution in [-0.4, -0.2) is 34.2 Å². The predicted molar refractivity (Wildman–Crippen MR) is 69.4 cm³/mol. The topological polar surface area (TPSA) is 36.4 Å². The summed E-state index contributed by atoms with van der Waals surface area (Å²) >= 11 is 11.9. The number of hydrogen-bond acceptors (Lipinski definition) is 3. The Morgan fingerprint density at radius 3 is 2.71 bits per heavy atom. The maximum Gasteiger partial charge on any atom is 0.130 e. The molecule has 0 saturated heterocycles. The van der Waals surface area contributed by atoms with E-state index in [1.807, 2.05) is 0 Å². The number of rotatable bonds is 5. The molecule has 17 heavy (non-hydrogen) atoms. The number of aromatic nitrogens is 1. The van der Waals surface area contributed by atoms with Gasteiger partial charge in [0.25, 0.3) is 0 Å². The van der Waals surface area contributed by atoms with Gasteiger partial charge in [0.2, 0.25) is 0 Å². The highest BCUT2D eigenvalue weighted by Gasteiger charge is 2.25. The van der Waals surface area contributed by atoms with Gasteiger partial charge in [0, 0.05) is 35.9 Å².